The molecule has 1 aromatic heterocycles. The summed E-state index contributed by atoms with van der Waals surface area (Å²) in [7, 11) is 0. The van der Waals surface area contributed by atoms with E-state index in [1.165, 1.54) is 0 Å². The van der Waals surface area contributed by atoms with Crippen LogP contribution in [0.25, 0.3) is 0 Å². The molecular formula is C15H14BrNO2. The number of pyridine rings is 1. The molecule has 0 saturated heterocycles. The smallest absolute Gasteiger partial charge is 0.306 e. The standard InChI is InChI=1S/C15H14BrNO2/c16-13-6-7-14(17-10-13)8-9-15(18)19-11-12-4-2-1-3-5-12/h1-7,10H,8-9,11H2. The zero-order valence-corrected chi connectivity index (χ0v) is 12.0. The summed E-state index contributed by atoms with van der Waals surface area (Å²) in [4.78, 5) is 15.8. The number of ether oxygens (including phenoxy) is 1. The normalized spacial score (nSPS) is 10.2. The highest BCUT2D eigenvalue weighted by Gasteiger charge is 2.05. The number of aryl methyl sites for hydroxylation is 1. The third-order valence-electron chi connectivity index (χ3n) is 2.62. The first kappa shape index (κ1) is 13.7. The lowest BCUT2D eigenvalue weighted by Crippen LogP contribution is -2.06. The second kappa shape index (κ2) is 7.04. The second-order valence-corrected chi connectivity index (χ2v) is 5.03. The van der Waals surface area contributed by atoms with E-state index in [-0.39, 0.29) is 5.97 Å². The Bertz CT molecular complexity index is 526. The molecule has 1 aromatic carbocycles. The van der Waals surface area contributed by atoms with E-state index < -0.39 is 0 Å². The lowest BCUT2D eigenvalue weighted by Gasteiger charge is -2.04. The zero-order valence-electron chi connectivity index (χ0n) is 10.4. The van der Waals surface area contributed by atoms with Gasteiger partial charge in [-0.3, -0.25) is 9.78 Å². The van der Waals surface area contributed by atoms with E-state index in [0.29, 0.717) is 19.4 Å². The predicted molar refractivity (Wildman–Crippen MR) is 76.5 cm³/mol. The summed E-state index contributed by atoms with van der Waals surface area (Å²) < 4.78 is 6.13. The Morgan fingerprint density at radius 1 is 1.16 bits per heavy atom. The van der Waals surface area contributed by atoms with Crippen LogP contribution < -0.4 is 0 Å². The van der Waals surface area contributed by atoms with E-state index in [9.17, 15) is 4.79 Å². The molecule has 0 atom stereocenters. The van der Waals surface area contributed by atoms with Gasteiger partial charge in [0.1, 0.15) is 6.61 Å². The van der Waals surface area contributed by atoms with Crippen molar-refractivity contribution in [3.63, 3.8) is 0 Å². The molecule has 0 aliphatic rings. The van der Waals surface area contributed by atoms with Crippen LogP contribution in [-0.2, 0) is 22.6 Å². The molecule has 4 heteroatoms. The minimum atomic E-state index is -0.200. The average Bonchev–Trinajstić information content (AvgIpc) is 2.45. The Morgan fingerprint density at radius 2 is 1.95 bits per heavy atom. The Hall–Kier alpha value is -1.68. The predicted octanol–water partition coefficient (Wildman–Crippen LogP) is 3.52. The van der Waals surface area contributed by atoms with Gasteiger partial charge in [0.05, 0.1) is 6.42 Å². The molecule has 98 valence electrons. The van der Waals surface area contributed by atoms with E-state index in [0.717, 1.165) is 15.7 Å². The number of carbonyl (C=O) groups excluding carboxylic acids is 1. The fourth-order valence-electron chi connectivity index (χ4n) is 1.59. The molecule has 0 aliphatic heterocycles. The van der Waals surface area contributed by atoms with Gasteiger partial charge in [0.25, 0.3) is 0 Å². The minimum absolute atomic E-state index is 0.200. The van der Waals surface area contributed by atoms with E-state index in [2.05, 4.69) is 20.9 Å². The van der Waals surface area contributed by atoms with Crippen LogP contribution in [0.4, 0.5) is 0 Å². The van der Waals surface area contributed by atoms with E-state index >= 15 is 0 Å². The fourth-order valence-corrected chi connectivity index (χ4v) is 1.83. The number of benzene rings is 1. The van der Waals surface area contributed by atoms with Crippen LogP contribution in [0, 0.1) is 0 Å². The van der Waals surface area contributed by atoms with Crippen molar-refractivity contribution < 1.29 is 9.53 Å². The number of rotatable bonds is 5. The van der Waals surface area contributed by atoms with Crippen LogP contribution in [0.15, 0.2) is 53.1 Å². The Kier molecular flexibility index (Phi) is 5.10. The van der Waals surface area contributed by atoms with E-state index in [4.69, 9.17) is 4.74 Å². The summed E-state index contributed by atoms with van der Waals surface area (Å²) in [5.41, 5.74) is 1.89. The highest BCUT2D eigenvalue weighted by Crippen LogP contribution is 2.09. The molecule has 1 heterocycles. The van der Waals surface area contributed by atoms with Gasteiger partial charge in [0.2, 0.25) is 0 Å². The van der Waals surface area contributed by atoms with Gasteiger partial charge in [-0.1, -0.05) is 30.3 Å². The molecule has 0 bridgehead atoms. The van der Waals surface area contributed by atoms with Gasteiger partial charge in [-0.2, -0.15) is 0 Å². The summed E-state index contributed by atoms with van der Waals surface area (Å²) in [6, 6.07) is 13.5. The molecule has 0 saturated carbocycles. The molecule has 0 spiro atoms. The molecule has 0 unspecified atom stereocenters. The minimum Gasteiger partial charge on any atom is -0.461 e. The maximum atomic E-state index is 11.6. The van der Waals surface area contributed by atoms with Crippen LogP contribution in [-0.4, -0.2) is 11.0 Å². The van der Waals surface area contributed by atoms with Gasteiger partial charge in [0, 0.05) is 22.8 Å². The van der Waals surface area contributed by atoms with Crippen LogP contribution in [0.3, 0.4) is 0 Å². The topological polar surface area (TPSA) is 39.2 Å². The van der Waals surface area contributed by atoms with Gasteiger partial charge in [-0.15, -0.1) is 0 Å². The van der Waals surface area contributed by atoms with Crippen molar-refractivity contribution >= 4 is 21.9 Å². The molecule has 0 amide bonds. The number of hydrogen-bond acceptors (Lipinski definition) is 3. The maximum Gasteiger partial charge on any atom is 0.306 e. The van der Waals surface area contributed by atoms with Gasteiger partial charge in [0.15, 0.2) is 0 Å². The summed E-state index contributed by atoms with van der Waals surface area (Å²) in [5.74, 6) is -0.200. The van der Waals surface area contributed by atoms with Crippen molar-refractivity contribution in [3.8, 4) is 0 Å². The summed E-state index contributed by atoms with van der Waals surface area (Å²) in [6.45, 7) is 0.327. The summed E-state index contributed by atoms with van der Waals surface area (Å²) in [5, 5.41) is 0. The number of aromatic nitrogens is 1. The lowest BCUT2D eigenvalue weighted by atomic mass is 10.2. The average molecular weight is 320 g/mol. The van der Waals surface area contributed by atoms with Crippen LogP contribution >= 0.6 is 15.9 Å². The van der Waals surface area contributed by atoms with Gasteiger partial charge < -0.3 is 4.74 Å². The lowest BCUT2D eigenvalue weighted by molar-refractivity contribution is -0.144. The molecule has 0 radical (unpaired) electrons. The van der Waals surface area contributed by atoms with Gasteiger partial charge in [-0.05, 0) is 33.6 Å². The van der Waals surface area contributed by atoms with Crippen molar-refractivity contribution in [2.75, 3.05) is 0 Å². The number of halogens is 1. The van der Waals surface area contributed by atoms with Crippen LogP contribution in [0.5, 0.6) is 0 Å². The Balaban J connectivity index is 1.74. The third kappa shape index (κ3) is 4.83. The number of hydrogen-bond donors (Lipinski definition) is 0. The molecule has 3 nitrogen and oxygen atoms in total. The van der Waals surface area contributed by atoms with Crippen molar-refractivity contribution in [1.29, 1.82) is 0 Å². The Morgan fingerprint density at radius 3 is 2.63 bits per heavy atom. The maximum absolute atomic E-state index is 11.6. The third-order valence-corrected chi connectivity index (χ3v) is 3.09. The molecular weight excluding hydrogens is 306 g/mol. The van der Waals surface area contributed by atoms with E-state index in [1.807, 2.05) is 42.5 Å². The van der Waals surface area contributed by atoms with Crippen LogP contribution in [0.2, 0.25) is 0 Å². The monoisotopic (exact) mass is 319 g/mol. The first-order valence-electron chi connectivity index (χ1n) is 6.04. The van der Waals surface area contributed by atoms with Crippen LogP contribution in [0.1, 0.15) is 17.7 Å². The molecule has 0 fully saturated rings. The van der Waals surface area contributed by atoms with Crippen molar-refractivity contribution in [1.82, 2.24) is 4.98 Å². The van der Waals surface area contributed by atoms with Crippen molar-refractivity contribution in [3.05, 3.63) is 64.4 Å². The summed E-state index contributed by atoms with van der Waals surface area (Å²) >= 11 is 3.32. The molecule has 19 heavy (non-hydrogen) atoms. The van der Waals surface area contributed by atoms with E-state index in [1.54, 1.807) is 6.20 Å². The van der Waals surface area contributed by atoms with Crippen molar-refractivity contribution in [2.45, 2.75) is 19.4 Å². The van der Waals surface area contributed by atoms with Crippen molar-refractivity contribution in [2.24, 2.45) is 0 Å². The highest BCUT2D eigenvalue weighted by atomic mass is 79.9. The summed E-state index contributed by atoms with van der Waals surface area (Å²) in [6.07, 6.45) is 2.67. The Labute approximate surface area is 120 Å². The zero-order chi connectivity index (χ0) is 13.5. The number of esters is 1. The molecule has 0 N–H and O–H groups in total. The molecule has 2 aromatic rings. The largest absolute Gasteiger partial charge is 0.461 e. The number of nitrogens with zero attached hydrogens (tertiary/aromatic N) is 1. The molecule has 0 aliphatic carbocycles. The first-order chi connectivity index (χ1) is 9.24. The number of carbonyl (C=O) groups is 1. The quantitative estimate of drug-likeness (QED) is 0.791. The molecule has 2 rings (SSSR count). The fraction of sp³-hybridized carbons (Fsp3) is 0.200. The first-order valence-corrected chi connectivity index (χ1v) is 6.83. The van der Waals surface area contributed by atoms with Gasteiger partial charge in [-0.25, -0.2) is 0 Å². The van der Waals surface area contributed by atoms with Gasteiger partial charge >= 0.3 is 5.97 Å². The SMILES string of the molecule is O=C(CCc1ccc(Br)cn1)OCc1ccccc1. The highest BCUT2D eigenvalue weighted by molar-refractivity contribution is 9.10. The second-order valence-electron chi connectivity index (χ2n) is 4.11.